The number of aryl methyl sites for hydroxylation is 2. The minimum atomic E-state index is -1.26. The molecular formula is C25H28N2O5. The number of rotatable bonds is 4. The summed E-state index contributed by atoms with van der Waals surface area (Å²) in [6.07, 6.45) is 8.85. The molecule has 1 fully saturated rings. The van der Waals surface area contributed by atoms with E-state index in [1.54, 1.807) is 0 Å². The largest absolute Gasteiger partial charge is 0.490 e. The fraction of sp³-hybridized carbons (Fsp3) is 0.400. The van der Waals surface area contributed by atoms with Gasteiger partial charge in [-0.05, 0) is 80.8 Å². The molecule has 3 aliphatic rings. The molecule has 0 saturated heterocycles. The topological polar surface area (TPSA) is 101 Å². The van der Waals surface area contributed by atoms with Crippen molar-refractivity contribution >= 4 is 17.7 Å². The maximum atomic E-state index is 9.55. The summed E-state index contributed by atoms with van der Waals surface area (Å²) >= 11 is 0. The summed E-state index contributed by atoms with van der Waals surface area (Å²) in [6.45, 7) is 4.04. The number of hydrogen-bond acceptors (Lipinski definition) is 4. The normalized spacial score (nSPS) is 17.0. The van der Waals surface area contributed by atoms with E-state index in [-0.39, 0.29) is 0 Å². The summed E-state index contributed by atoms with van der Waals surface area (Å²) in [5.74, 6) is -1.45. The van der Waals surface area contributed by atoms with Crippen LogP contribution in [0.15, 0.2) is 41.4 Å². The number of ether oxygens (including phenoxy) is 1. The van der Waals surface area contributed by atoms with Crippen LogP contribution in [0.25, 0.3) is 11.3 Å². The second-order valence-corrected chi connectivity index (χ2v) is 8.38. The highest BCUT2D eigenvalue weighted by atomic mass is 16.5. The third-order valence-corrected chi connectivity index (χ3v) is 6.19. The number of carboxylic acids is 2. The van der Waals surface area contributed by atoms with Crippen LogP contribution in [0.3, 0.4) is 0 Å². The summed E-state index contributed by atoms with van der Waals surface area (Å²) in [5, 5.41) is 15.6. The van der Waals surface area contributed by atoms with Gasteiger partial charge in [-0.3, -0.25) is 4.99 Å². The highest BCUT2D eigenvalue weighted by Crippen LogP contribution is 2.39. The van der Waals surface area contributed by atoms with Crippen LogP contribution in [0, 0.1) is 0 Å². The molecule has 1 aromatic carbocycles. The first-order valence-corrected chi connectivity index (χ1v) is 11.1. The molecule has 5 rings (SSSR count). The molecule has 2 N–H and O–H groups in total. The van der Waals surface area contributed by atoms with E-state index in [0.29, 0.717) is 18.3 Å². The van der Waals surface area contributed by atoms with E-state index in [4.69, 9.17) is 14.9 Å². The van der Waals surface area contributed by atoms with Gasteiger partial charge in [-0.1, -0.05) is 0 Å². The Labute approximate surface area is 187 Å². The quantitative estimate of drug-likeness (QED) is 0.703. The fourth-order valence-corrected chi connectivity index (χ4v) is 4.74. The molecule has 168 valence electrons. The van der Waals surface area contributed by atoms with Crippen molar-refractivity contribution in [2.45, 2.75) is 58.1 Å². The molecule has 1 saturated carbocycles. The van der Waals surface area contributed by atoms with E-state index in [0.717, 1.165) is 31.7 Å². The number of carbonyl (C=O) groups is 2. The minimum Gasteiger partial charge on any atom is -0.490 e. The Morgan fingerprint density at radius 2 is 1.75 bits per heavy atom. The third kappa shape index (κ3) is 4.77. The molecule has 32 heavy (non-hydrogen) atoms. The van der Waals surface area contributed by atoms with Gasteiger partial charge in [0.1, 0.15) is 5.75 Å². The standard InChI is InChI=1S/C21H24N2O.C4H4O4/c1-14-20-13-16-7-6-15-12-18(24-17-4-2-3-5-17)8-9-19(15)21(16)23(20)11-10-22-14;5-3(6)1-2-4(7)8/h8-9,12-13,17H,2-7,10-11H2,1H3;1-2H,(H,5,6)(H,7,8). The maximum absolute atomic E-state index is 9.55. The van der Waals surface area contributed by atoms with Crippen LogP contribution >= 0.6 is 0 Å². The summed E-state index contributed by atoms with van der Waals surface area (Å²) in [5.41, 5.74) is 8.24. The highest BCUT2D eigenvalue weighted by molar-refractivity contribution is 5.99. The maximum Gasteiger partial charge on any atom is 0.328 e. The fourth-order valence-electron chi connectivity index (χ4n) is 4.74. The van der Waals surface area contributed by atoms with E-state index >= 15 is 0 Å². The van der Waals surface area contributed by atoms with Crippen LogP contribution in [-0.2, 0) is 29.0 Å². The van der Waals surface area contributed by atoms with Gasteiger partial charge in [0.05, 0.1) is 29.7 Å². The van der Waals surface area contributed by atoms with Crippen molar-refractivity contribution in [3.8, 4) is 17.0 Å². The molecule has 2 heterocycles. The predicted octanol–water partition coefficient (Wildman–Crippen LogP) is 4.11. The average molecular weight is 437 g/mol. The Hall–Kier alpha value is -3.35. The monoisotopic (exact) mass is 436 g/mol. The van der Waals surface area contributed by atoms with E-state index < -0.39 is 11.9 Å². The van der Waals surface area contributed by atoms with Gasteiger partial charge in [0, 0.05) is 24.3 Å². The van der Waals surface area contributed by atoms with Crippen molar-refractivity contribution in [2.24, 2.45) is 4.99 Å². The lowest BCUT2D eigenvalue weighted by Gasteiger charge is -2.23. The average Bonchev–Trinajstić information content (AvgIpc) is 3.41. The lowest BCUT2D eigenvalue weighted by molar-refractivity contribution is -0.134. The lowest BCUT2D eigenvalue weighted by Crippen LogP contribution is -2.17. The zero-order valence-corrected chi connectivity index (χ0v) is 18.2. The number of hydrogen-bond donors (Lipinski definition) is 2. The van der Waals surface area contributed by atoms with Gasteiger partial charge in [-0.15, -0.1) is 0 Å². The zero-order chi connectivity index (χ0) is 22.7. The van der Waals surface area contributed by atoms with Crippen molar-refractivity contribution in [3.63, 3.8) is 0 Å². The van der Waals surface area contributed by atoms with E-state index in [1.807, 2.05) is 0 Å². The molecule has 7 nitrogen and oxygen atoms in total. The SMILES string of the molecule is CC1=NCCn2c1cc1c2-c2ccc(OC3CCCC3)cc2CC1.O=C(O)C=CC(=O)O. The van der Waals surface area contributed by atoms with Crippen molar-refractivity contribution < 1.29 is 24.5 Å². The molecule has 0 atom stereocenters. The van der Waals surface area contributed by atoms with E-state index in [1.165, 1.54) is 59.5 Å². The number of fused-ring (bicyclic) bond motifs is 5. The van der Waals surface area contributed by atoms with Gasteiger partial charge in [-0.2, -0.15) is 0 Å². The van der Waals surface area contributed by atoms with Crippen LogP contribution < -0.4 is 4.74 Å². The van der Waals surface area contributed by atoms with Crippen LogP contribution in [-0.4, -0.2) is 45.1 Å². The van der Waals surface area contributed by atoms with Gasteiger partial charge in [0.25, 0.3) is 0 Å². The summed E-state index contributed by atoms with van der Waals surface area (Å²) < 4.78 is 8.69. The van der Waals surface area contributed by atoms with Gasteiger partial charge in [0.2, 0.25) is 0 Å². The second-order valence-electron chi connectivity index (χ2n) is 8.38. The Morgan fingerprint density at radius 1 is 1.06 bits per heavy atom. The molecule has 0 radical (unpaired) electrons. The van der Waals surface area contributed by atoms with Crippen LogP contribution in [0.5, 0.6) is 5.75 Å². The molecule has 1 aliphatic heterocycles. The second kappa shape index (κ2) is 9.42. The predicted molar refractivity (Wildman–Crippen MR) is 122 cm³/mol. The van der Waals surface area contributed by atoms with E-state index in [2.05, 4.69) is 40.7 Å². The Kier molecular flexibility index (Phi) is 6.44. The molecule has 7 heteroatoms. The number of benzene rings is 1. The molecular weight excluding hydrogens is 408 g/mol. The Balaban J connectivity index is 0.000000265. The molecule has 0 unspecified atom stereocenters. The van der Waals surface area contributed by atoms with Crippen LogP contribution in [0.4, 0.5) is 0 Å². The van der Waals surface area contributed by atoms with Crippen molar-refractivity contribution in [2.75, 3.05) is 6.54 Å². The number of aliphatic imine (C=N–C) groups is 1. The number of carboxylic acid groups (broad SMARTS) is 2. The molecule has 2 aliphatic carbocycles. The minimum absolute atomic E-state index is 0.433. The molecule has 1 aromatic heterocycles. The van der Waals surface area contributed by atoms with Crippen molar-refractivity contribution in [1.29, 1.82) is 0 Å². The first-order chi connectivity index (χ1) is 15.4. The first kappa shape index (κ1) is 21.9. The summed E-state index contributed by atoms with van der Waals surface area (Å²) in [7, 11) is 0. The molecule has 2 aromatic rings. The van der Waals surface area contributed by atoms with Gasteiger partial charge >= 0.3 is 11.9 Å². The van der Waals surface area contributed by atoms with Crippen molar-refractivity contribution in [1.82, 2.24) is 4.57 Å². The lowest BCUT2D eigenvalue weighted by atomic mass is 9.90. The third-order valence-electron chi connectivity index (χ3n) is 6.19. The van der Waals surface area contributed by atoms with Crippen molar-refractivity contribution in [3.05, 3.63) is 53.2 Å². The number of nitrogens with zero attached hydrogens (tertiary/aromatic N) is 2. The smallest absolute Gasteiger partial charge is 0.328 e. The van der Waals surface area contributed by atoms with Gasteiger partial charge in [0.15, 0.2) is 0 Å². The Bertz CT molecular complexity index is 1070. The molecule has 0 amide bonds. The molecule has 0 bridgehead atoms. The molecule has 0 spiro atoms. The van der Waals surface area contributed by atoms with Crippen LogP contribution in [0.2, 0.25) is 0 Å². The zero-order valence-electron chi connectivity index (χ0n) is 18.2. The number of aliphatic carboxylic acids is 2. The summed E-state index contributed by atoms with van der Waals surface area (Å²) in [4.78, 5) is 23.7. The van der Waals surface area contributed by atoms with Crippen LogP contribution in [0.1, 0.15) is 49.4 Å². The van der Waals surface area contributed by atoms with Gasteiger partial charge in [-0.25, -0.2) is 9.59 Å². The number of aromatic nitrogens is 1. The Morgan fingerprint density at radius 3 is 2.44 bits per heavy atom. The summed E-state index contributed by atoms with van der Waals surface area (Å²) in [6, 6.07) is 9.11. The van der Waals surface area contributed by atoms with E-state index in [9.17, 15) is 9.59 Å². The highest BCUT2D eigenvalue weighted by Gasteiger charge is 2.25. The first-order valence-electron chi connectivity index (χ1n) is 11.1. The van der Waals surface area contributed by atoms with Gasteiger partial charge < -0.3 is 19.5 Å².